The maximum atomic E-state index is 12.8. The summed E-state index contributed by atoms with van der Waals surface area (Å²) in [6.07, 6.45) is -15.6. The Morgan fingerprint density at radius 2 is 1.44 bits per heavy atom. The first-order valence-corrected chi connectivity index (χ1v) is 14.6. The second-order valence-electron chi connectivity index (χ2n) is 11.3. The Labute approximate surface area is 271 Å². The van der Waals surface area contributed by atoms with E-state index in [0.29, 0.717) is 5.56 Å². The molecule has 48 heavy (non-hydrogen) atoms. The number of phenols is 3. The van der Waals surface area contributed by atoms with Crippen LogP contribution in [0.4, 0.5) is 0 Å². The van der Waals surface area contributed by atoms with E-state index < -0.39 is 108 Å². The molecule has 2 aromatic carbocycles. The summed E-state index contributed by atoms with van der Waals surface area (Å²) < 4.78 is 38.7. The van der Waals surface area contributed by atoms with Crippen LogP contribution < -0.4 is 10.2 Å². The Hall–Kier alpha value is -4.49. The van der Waals surface area contributed by atoms with Crippen molar-refractivity contribution in [1.82, 2.24) is 0 Å². The van der Waals surface area contributed by atoms with E-state index in [4.69, 9.17) is 32.8 Å². The number of carbonyl (C=O) groups excluding carboxylic acids is 2. The predicted octanol–water partition coefficient (Wildman–Crippen LogP) is -0.251. The third-order valence-electron chi connectivity index (χ3n) is 7.78. The maximum Gasteiger partial charge on any atom is 0.303 e. The van der Waals surface area contributed by atoms with Crippen LogP contribution in [0.5, 0.6) is 23.0 Å². The number of esters is 2. The van der Waals surface area contributed by atoms with E-state index in [1.807, 2.05) is 0 Å². The number of phenolic OH excluding ortho intramolecular Hbond substituents is 3. The minimum Gasteiger partial charge on any atom is -0.508 e. The Balaban J connectivity index is 1.38. The zero-order valence-electron chi connectivity index (χ0n) is 25.7. The van der Waals surface area contributed by atoms with Crippen LogP contribution in [0.25, 0.3) is 22.3 Å². The lowest BCUT2D eigenvalue weighted by molar-refractivity contribution is -0.320. The molecule has 260 valence electrons. The quantitative estimate of drug-likeness (QED) is 0.120. The first kappa shape index (κ1) is 34.8. The topological polar surface area (TPSA) is 261 Å². The molecule has 3 aromatic rings. The highest BCUT2D eigenvalue weighted by Crippen LogP contribution is 2.43. The van der Waals surface area contributed by atoms with Gasteiger partial charge in [-0.15, -0.1) is 0 Å². The minimum absolute atomic E-state index is 0.0304. The fourth-order valence-corrected chi connectivity index (χ4v) is 5.36. The smallest absolute Gasteiger partial charge is 0.303 e. The molecule has 2 saturated heterocycles. The normalized spacial score (nSPS) is 30.5. The SMILES string of the molecule is CC(=O)O[C@H]1[C@H](OC[C@@H]2O[C@@H](Oc3cc4oc(-c5ccc(O)cc5)cc(=O)c4c(O)c3O)[C@@H](O)[C@@H](O)[C@@H]2O)O[C@@H](C)[C@H](O)[C@@H]1OC(C)=O. The second kappa shape index (κ2) is 13.9. The number of hydrogen-bond donors (Lipinski definition) is 7. The van der Waals surface area contributed by atoms with Crippen LogP contribution in [0.15, 0.2) is 45.6 Å². The highest BCUT2D eigenvalue weighted by atomic mass is 16.7. The van der Waals surface area contributed by atoms with E-state index in [1.165, 1.54) is 31.2 Å². The monoisotopic (exact) mass is 678 g/mol. The lowest BCUT2D eigenvalue weighted by Gasteiger charge is -2.43. The standard InChI is InChI=1S/C31H34O17/c1-11-22(36)28(44-12(2)32)29(45-13(3)33)31(43-11)42-10-20-24(38)26(40)27(41)30(48-20)47-19-9-18-21(25(39)23(19)37)16(35)8-17(46-18)14-4-6-15(34)7-5-14/h4-9,11,20,22,24,26-31,34,36-41H,10H2,1-3H3/t11-,20-,22-,24+,26-,27-,28-,29+,30+,31+/m0/s1. The van der Waals surface area contributed by atoms with Gasteiger partial charge in [0.25, 0.3) is 0 Å². The molecular formula is C31H34O17. The largest absolute Gasteiger partial charge is 0.508 e. The molecule has 0 bridgehead atoms. The molecule has 10 atom stereocenters. The first-order valence-electron chi connectivity index (χ1n) is 14.6. The number of benzene rings is 2. The van der Waals surface area contributed by atoms with Gasteiger partial charge in [-0.05, 0) is 31.2 Å². The summed E-state index contributed by atoms with van der Waals surface area (Å²) in [5.74, 6) is -3.98. The predicted molar refractivity (Wildman–Crippen MR) is 158 cm³/mol. The second-order valence-corrected chi connectivity index (χ2v) is 11.3. The molecule has 0 unspecified atom stereocenters. The summed E-state index contributed by atoms with van der Waals surface area (Å²) in [5.41, 5.74) is -0.571. The summed E-state index contributed by atoms with van der Waals surface area (Å²) in [5, 5.41) is 73.0. The van der Waals surface area contributed by atoms with Gasteiger partial charge in [-0.1, -0.05) is 0 Å². The van der Waals surface area contributed by atoms with E-state index in [-0.39, 0.29) is 17.1 Å². The number of rotatable bonds is 8. The van der Waals surface area contributed by atoms with E-state index in [1.54, 1.807) is 0 Å². The van der Waals surface area contributed by atoms with Gasteiger partial charge < -0.3 is 68.6 Å². The molecule has 0 aliphatic carbocycles. The first-order chi connectivity index (χ1) is 22.7. The molecule has 2 aliphatic rings. The zero-order chi connectivity index (χ0) is 35.0. The van der Waals surface area contributed by atoms with Crippen molar-refractivity contribution < 1.29 is 78.2 Å². The fraction of sp³-hybridized carbons (Fsp3) is 0.452. The van der Waals surface area contributed by atoms with Crippen molar-refractivity contribution in [3.05, 3.63) is 46.6 Å². The van der Waals surface area contributed by atoms with Gasteiger partial charge in [-0.2, -0.15) is 0 Å². The molecule has 0 amide bonds. The molecule has 2 fully saturated rings. The lowest BCUT2D eigenvalue weighted by atomic mass is 9.98. The summed E-state index contributed by atoms with van der Waals surface area (Å²) >= 11 is 0. The zero-order valence-corrected chi connectivity index (χ0v) is 25.7. The number of carbonyl (C=O) groups is 2. The summed E-state index contributed by atoms with van der Waals surface area (Å²) in [7, 11) is 0. The van der Waals surface area contributed by atoms with Crippen LogP contribution in [0, 0.1) is 0 Å². The van der Waals surface area contributed by atoms with Crippen molar-refractivity contribution in [1.29, 1.82) is 0 Å². The van der Waals surface area contributed by atoms with Crippen LogP contribution in [0.3, 0.4) is 0 Å². The van der Waals surface area contributed by atoms with Crippen LogP contribution in [0.2, 0.25) is 0 Å². The van der Waals surface area contributed by atoms with Crippen molar-refractivity contribution >= 4 is 22.9 Å². The number of aromatic hydroxyl groups is 3. The van der Waals surface area contributed by atoms with Crippen molar-refractivity contribution in [2.45, 2.75) is 82.2 Å². The average molecular weight is 679 g/mol. The number of hydrogen-bond acceptors (Lipinski definition) is 17. The van der Waals surface area contributed by atoms with Gasteiger partial charge in [0.2, 0.25) is 12.0 Å². The van der Waals surface area contributed by atoms with Gasteiger partial charge in [0.15, 0.2) is 35.4 Å². The lowest BCUT2D eigenvalue weighted by Crippen LogP contribution is -2.62. The third kappa shape index (κ3) is 7.02. The minimum atomic E-state index is -1.92. The number of ether oxygens (including phenoxy) is 6. The van der Waals surface area contributed by atoms with E-state index >= 15 is 0 Å². The summed E-state index contributed by atoms with van der Waals surface area (Å²) in [4.78, 5) is 36.4. The Morgan fingerprint density at radius 3 is 2.08 bits per heavy atom. The van der Waals surface area contributed by atoms with Crippen molar-refractivity contribution in [2.24, 2.45) is 0 Å². The molecular weight excluding hydrogens is 644 g/mol. The Kier molecular flexibility index (Phi) is 10.1. The Morgan fingerprint density at radius 1 is 0.792 bits per heavy atom. The van der Waals surface area contributed by atoms with E-state index in [2.05, 4.69) is 0 Å². The third-order valence-corrected chi connectivity index (χ3v) is 7.78. The van der Waals surface area contributed by atoms with Gasteiger partial charge in [-0.3, -0.25) is 14.4 Å². The molecule has 17 heteroatoms. The van der Waals surface area contributed by atoms with Gasteiger partial charge in [0, 0.05) is 31.5 Å². The molecule has 3 heterocycles. The molecule has 0 saturated carbocycles. The van der Waals surface area contributed by atoms with Crippen LogP contribution in [-0.2, 0) is 33.3 Å². The maximum absolute atomic E-state index is 12.8. The molecule has 5 rings (SSSR count). The van der Waals surface area contributed by atoms with Gasteiger partial charge >= 0.3 is 11.9 Å². The Bertz CT molecular complexity index is 1700. The van der Waals surface area contributed by atoms with Crippen molar-refractivity contribution in [3.8, 4) is 34.3 Å². The van der Waals surface area contributed by atoms with Gasteiger partial charge in [0.1, 0.15) is 53.0 Å². The van der Waals surface area contributed by atoms with Gasteiger partial charge in [0.05, 0.1) is 12.7 Å². The summed E-state index contributed by atoms with van der Waals surface area (Å²) in [6, 6.07) is 7.79. The highest BCUT2D eigenvalue weighted by molar-refractivity contribution is 5.89. The highest BCUT2D eigenvalue weighted by Gasteiger charge is 2.50. The van der Waals surface area contributed by atoms with Crippen molar-refractivity contribution in [3.63, 3.8) is 0 Å². The van der Waals surface area contributed by atoms with Crippen LogP contribution in [0.1, 0.15) is 20.8 Å². The number of aliphatic hydroxyl groups is 4. The van der Waals surface area contributed by atoms with Crippen LogP contribution >= 0.6 is 0 Å². The molecule has 1 aromatic heterocycles. The molecule has 2 aliphatic heterocycles. The molecule has 17 nitrogen and oxygen atoms in total. The summed E-state index contributed by atoms with van der Waals surface area (Å²) in [6.45, 7) is 2.99. The molecule has 0 radical (unpaired) electrons. The van der Waals surface area contributed by atoms with E-state index in [0.717, 1.165) is 26.0 Å². The number of aliphatic hydroxyl groups excluding tert-OH is 4. The molecule has 7 N–H and O–H groups in total. The average Bonchev–Trinajstić information content (AvgIpc) is 3.02. The fourth-order valence-electron chi connectivity index (χ4n) is 5.36. The molecule has 0 spiro atoms. The van der Waals surface area contributed by atoms with E-state index in [9.17, 15) is 50.1 Å². The van der Waals surface area contributed by atoms with Crippen molar-refractivity contribution in [2.75, 3.05) is 6.61 Å². The van der Waals surface area contributed by atoms with Crippen LogP contribution in [-0.4, -0.2) is 116 Å². The number of fused-ring (bicyclic) bond motifs is 1. The van der Waals surface area contributed by atoms with Gasteiger partial charge in [-0.25, -0.2) is 0 Å².